The molecule has 138 valence electrons. The van der Waals surface area contributed by atoms with Crippen LogP contribution in [0.3, 0.4) is 0 Å². The Hall–Kier alpha value is -0.820. The third-order valence-electron chi connectivity index (χ3n) is 3.28. The maximum Gasteiger partial charge on any atom is 0.411 e. The van der Waals surface area contributed by atoms with Crippen LogP contribution in [0.1, 0.15) is 6.42 Å². The molecule has 1 aliphatic heterocycles. The number of piperazine rings is 1. The second-order valence-electron chi connectivity index (χ2n) is 5.05. The third kappa shape index (κ3) is 7.38. The van der Waals surface area contributed by atoms with Gasteiger partial charge in [-0.2, -0.15) is 13.2 Å². The Balaban J connectivity index is 0.00000288. The lowest BCUT2D eigenvalue weighted by atomic mass is 10.3. The summed E-state index contributed by atoms with van der Waals surface area (Å²) in [5.41, 5.74) is 5.92. The summed E-state index contributed by atoms with van der Waals surface area (Å²) >= 11 is 1.60. The van der Waals surface area contributed by atoms with E-state index in [1.165, 1.54) is 0 Å². The molecule has 6 nitrogen and oxygen atoms in total. The fourth-order valence-corrected chi connectivity index (χ4v) is 2.84. The van der Waals surface area contributed by atoms with Crippen LogP contribution < -0.4 is 10.6 Å². The number of guanidine groups is 1. The number of ether oxygens (including phenoxy) is 1. The molecule has 1 saturated heterocycles. The van der Waals surface area contributed by atoms with E-state index in [-0.39, 0.29) is 30.6 Å². The normalized spacial score (nSPS) is 16.2. The van der Waals surface area contributed by atoms with E-state index in [2.05, 4.69) is 19.6 Å². The number of aromatic nitrogens is 1. The van der Waals surface area contributed by atoms with Crippen molar-refractivity contribution in [3.05, 3.63) is 11.6 Å². The van der Waals surface area contributed by atoms with E-state index in [0.717, 1.165) is 31.3 Å². The maximum atomic E-state index is 11.9. The van der Waals surface area contributed by atoms with Gasteiger partial charge in [-0.25, -0.2) is 4.98 Å². The van der Waals surface area contributed by atoms with Crippen LogP contribution in [0.25, 0.3) is 0 Å². The van der Waals surface area contributed by atoms with Crippen molar-refractivity contribution >= 4 is 46.4 Å². The minimum absolute atomic E-state index is 0. The molecular weight excluding hydrogens is 458 g/mol. The summed E-state index contributed by atoms with van der Waals surface area (Å²) in [4.78, 5) is 12.6. The van der Waals surface area contributed by atoms with Crippen molar-refractivity contribution in [1.29, 1.82) is 0 Å². The van der Waals surface area contributed by atoms with Gasteiger partial charge >= 0.3 is 6.18 Å². The number of anilines is 1. The molecule has 0 radical (unpaired) electrons. The van der Waals surface area contributed by atoms with E-state index in [0.29, 0.717) is 18.9 Å². The van der Waals surface area contributed by atoms with Crippen LogP contribution in [0.2, 0.25) is 0 Å². The van der Waals surface area contributed by atoms with Gasteiger partial charge in [-0.1, -0.05) is 0 Å². The van der Waals surface area contributed by atoms with Gasteiger partial charge < -0.3 is 20.3 Å². The quantitative estimate of drug-likeness (QED) is 0.293. The highest BCUT2D eigenvalue weighted by Crippen LogP contribution is 2.18. The molecule has 0 aliphatic carbocycles. The number of hydrogen-bond acceptors (Lipinski definition) is 5. The Morgan fingerprint density at radius 3 is 2.62 bits per heavy atom. The SMILES string of the molecule is I.NC(=NCCCOCC(F)(F)F)N1CCN(c2nccs2)CC1. The molecule has 0 spiro atoms. The van der Waals surface area contributed by atoms with Gasteiger partial charge in [0.05, 0.1) is 0 Å². The number of aliphatic imine (C=N–C) groups is 1. The molecule has 2 N–H and O–H groups in total. The monoisotopic (exact) mass is 479 g/mol. The number of nitrogens with zero attached hydrogens (tertiary/aromatic N) is 4. The van der Waals surface area contributed by atoms with Crippen LogP contribution in [0.15, 0.2) is 16.6 Å². The molecule has 1 aromatic heterocycles. The van der Waals surface area contributed by atoms with Crippen molar-refractivity contribution in [3.63, 3.8) is 0 Å². The lowest BCUT2D eigenvalue weighted by molar-refractivity contribution is -0.173. The average molecular weight is 479 g/mol. The lowest BCUT2D eigenvalue weighted by Gasteiger charge is -2.35. The Labute approximate surface area is 159 Å². The molecule has 1 fully saturated rings. The van der Waals surface area contributed by atoms with Crippen LogP contribution >= 0.6 is 35.3 Å². The van der Waals surface area contributed by atoms with Gasteiger partial charge in [-0.05, 0) is 6.42 Å². The first-order chi connectivity index (χ1) is 11.0. The number of alkyl halides is 3. The molecule has 2 heterocycles. The molecular formula is C13H21F3IN5OS. The van der Waals surface area contributed by atoms with E-state index in [1.807, 2.05) is 10.3 Å². The van der Waals surface area contributed by atoms with Crippen molar-refractivity contribution in [3.8, 4) is 0 Å². The standard InChI is InChI=1S/C13H20F3N5OS.HI/c14-13(15,16)10-22-8-1-2-18-11(17)20-4-6-21(7-5-20)12-19-3-9-23-12;/h3,9H,1-2,4-8,10H2,(H2,17,18);1H. The zero-order valence-electron chi connectivity index (χ0n) is 13.0. The number of halogens is 4. The predicted octanol–water partition coefficient (Wildman–Crippen LogP) is 2.17. The first-order valence-corrected chi connectivity index (χ1v) is 8.17. The molecule has 11 heteroatoms. The number of hydrogen-bond donors (Lipinski definition) is 1. The zero-order valence-corrected chi connectivity index (χ0v) is 16.2. The van der Waals surface area contributed by atoms with Crippen molar-refractivity contribution < 1.29 is 17.9 Å². The molecule has 2 rings (SSSR count). The highest BCUT2D eigenvalue weighted by Gasteiger charge is 2.27. The van der Waals surface area contributed by atoms with Gasteiger partial charge in [0.1, 0.15) is 6.61 Å². The van der Waals surface area contributed by atoms with Crippen LogP contribution in [0.4, 0.5) is 18.3 Å². The van der Waals surface area contributed by atoms with Crippen molar-refractivity contribution in [2.75, 3.05) is 50.8 Å². The van der Waals surface area contributed by atoms with E-state index >= 15 is 0 Å². The second kappa shape index (κ2) is 10.2. The minimum Gasteiger partial charge on any atom is -0.372 e. The average Bonchev–Trinajstić information content (AvgIpc) is 3.04. The molecule has 0 aromatic carbocycles. The Bertz CT molecular complexity index is 492. The second-order valence-corrected chi connectivity index (χ2v) is 5.92. The Morgan fingerprint density at radius 2 is 2.04 bits per heavy atom. The largest absolute Gasteiger partial charge is 0.411 e. The summed E-state index contributed by atoms with van der Waals surface area (Å²) in [5, 5.41) is 2.94. The third-order valence-corrected chi connectivity index (χ3v) is 4.11. The first-order valence-electron chi connectivity index (χ1n) is 7.29. The summed E-state index contributed by atoms with van der Waals surface area (Å²) in [6, 6.07) is 0. The summed E-state index contributed by atoms with van der Waals surface area (Å²) < 4.78 is 40.2. The topological polar surface area (TPSA) is 67.0 Å². The van der Waals surface area contributed by atoms with Crippen LogP contribution in [0, 0.1) is 0 Å². The molecule has 24 heavy (non-hydrogen) atoms. The Kier molecular flexibility index (Phi) is 9.05. The van der Waals surface area contributed by atoms with Gasteiger partial charge in [-0.15, -0.1) is 35.3 Å². The highest BCUT2D eigenvalue weighted by atomic mass is 127. The summed E-state index contributed by atoms with van der Waals surface area (Å²) in [7, 11) is 0. The van der Waals surface area contributed by atoms with Crippen LogP contribution in [-0.4, -0.2) is 68.0 Å². The molecule has 1 aliphatic rings. The van der Waals surface area contributed by atoms with Gasteiger partial charge in [0.25, 0.3) is 0 Å². The first kappa shape index (κ1) is 21.2. The molecule has 1 aromatic rings. The van der Waals surface area contributed by atoms with Gasteiger partial charge in [0.2, 0.25) is 0 Å². The number of thiazole rings is 1. The fourth-order valence-electron chi connectivity index (χ4n) is 2.15. The fraction of sp³-hybridized carbons (Fsp3) is 0.692. The van der Waals surface area contributed by atoms with Crippen LogP contribution in [0.5, 0.6) is 0 Å². The van der Waals surface area contributed by atoms with E-state index in [9.17, 15) is 13.2 Å². The lowest BCUT2D eigenvalue weighted by Crippen LogP contribution is -2.51. The van der Waals surface area contributed by atoms with Gasteiger partial charge in [0.15, 0.2) is 11.1 Å². The predicted molar refractivity (Wildman–Crippen MR) is 99.3 cm³/mol. The minimum atomic E-state index is -4.28. The van der Waals surface area contributed by atoms with Gasteiger partial charge in [0, 0.05) is 50.9 Å². The van der Waals surface area contributed by atoms with E-state index in [4.69, 9.17) is 5.73 Å². The maximum absolute atomic E-state index is 11.9. The molecule has 0 bridgehead atoms. The summed E-state index contributed by atoms with van der Waals surface area (Å²) in [5.74, 6) is 0.430. The zero-order chi connectivity index (χ0) is 16.7. The Morgan fingerprint density at radius 1 is 1.33 bits per heavy atom. The molecule has 0 amide bonds. The van der Waals surface area contributed by atoms with Crippen LogP contribution in [-0.2, 0) is 4.74 Å². The number of nitrogens with two attached hydrogens (primary N) is 1. The van der Waals surface area contributed by atoms with Gasteiger partial charge in [-0.3, -0.25) is 4.99 Å². The smallest absolute Gasteiger partial charge is 0.372 e. The number of rotatable bonds is 6. The van der Waals surface area contributed by atoms with Crippen molar-refractivity contribution in [1.82, 2.24) is 9.88 Å². The van der Waals surface area contributed by atoms with Crippen molar-refractivity contribution in [2.24, 2.45) is 10.7 Å². The molecule has 0 saturated carbocycles. The van der Waals surface area contributed by atoms with Crippen molar-refractivity contribution in [2.45, 2.75) is 12.6 Å². The highest BCUT2D eigenvalue weighted by molar-refractivity contribution is 14.0. The van der Waals surface area contributed by atoms with E-state index in [1.54, 1.807) is 17.5 Å². The summed E-state index contributed by atoms with van der Waals surface area (Å²) in [6.45, 7) is 2.30. The molecule has 0 unspecified atom stereocenters. The summed E-state index contributed by atoms with van der Waals surface area (Å²) in [6.07, 6.45) is -2.09. The molecule has 0 atom stereocenters. The van der Waals surface area contributed by atoms with E-state index < -0.39 is 12.8 Å².